The fraction of sp³-hybridized carbons (Fsp3) is 0.481. The van der Waals surface area contributed by atoms with E-state index in [1.807, 2.05) is 13.0 Å². The zero-order valence-corrected chi connectivity index (χ0v) is 24.3. The van der Waals surface area contributed by atoms with Crippen LogP contribution in [0.15, 0.2) is 24.5 Å². The van der Waals surface area contributed by atoms with Gasteiger partial charge in [0.1, 0.15) is 36.9 Å². The van der Waals surface area contributed by atoms with E-state index in [1.54, 1.807) is 30.1 Å². The van der Waals surface area contributed by atoms with Gasteiger partial charge < -0.3 is 18.8 Å². The predicted octanol–water partition coefficient (Wildman–Crippen LogP) is 5.22. The molecule has 0 aliphatic carbocycles. The van der Waals surface area contributed by atoms with Gasteiger partial charge in [-0.3, -0.25) is 4.68 Å². The third-order valence-electron chi connectivity index (χ3n) is 6.80. The Morgan fingerprint density at radius 3 is 2.75 bits per heavy atom. The Kier molecular flexibility index (Phi) is 7.76. The molecular weight excluding hydrogens is 536 g/mol. The number of nitrogens with zero attached hydrogens (tertiary/aromatic N) is 7. The average Bonchev–Trinajstić information content (AvgIpc) is 3.56. The Morgan fingerprint density at radius 1 is 1.25 bits per heavy atom. The van der Waals surface area contributed by atoms with Crippen molar-refractivity contribution in [1.29, 1.82) is 5.26 Å². The number of pyridine rings is 1. The molecule has 0 radical (unpaired) electrons. The fourth-order valence-corrected chi connectivity index (χ4v) is 5.74. The number of nitriles is 1. The van der Waals surface area contributed by atoms with Crippen molar-refractivity contribution in [2.75, 3.05) is 19.8 Å². The second kappa shape index (κ2) is 11.1. The van der Waals surface area contributed by atoms with Gasteiger partial charge in [-0.2, -0.15) is 15.5 Å². The first-order valence-corrected chi connectivity index (χ1v) is 17.0. The molecule has 1 aliphatic heterocycles. The summed E-state index contributed by atoms with van der Waals surface area (Å²) in [5.41, 5.74) is 1.90. The monoisotopic (exact) mass is 569 g/mol. The highest BCUT2D eigenvalue weighted by atomic mass is 28.3. The van der Waals surface area contributed by atoms with Crippen LogP contribution in [0.5, 0.6) is 5.88 Å². The highest BCUT2D eigenvalue weighted by Gasteiger charge is 2.36. The van der Waals surface area contributed by atoms with Crippen LogP contribution < -0.4 is 4.74 Å². The molecule has 0 spiro atoms. The number of rotatable bonds is 10. The molecule has 0 bridgehead atoms. The molecule has 10 nitrogen and oxygen atoms in total. The number of ether oxygens (including phenoxy) is 3. The van der Waals surface area contributed by atoms with Gasteiger partial charge in [-0.05, 0) is 25.1 Å². The number of halogens is 2. The maximum Gasteiger partial charge on any atom is 0.282 e. The maximum absolute atomic E-state index is 14.7. The van der Waals surface area contributed by atoms with E-state index in [9.17, 15) is 14.0 Å². The lowest BCUT2D eigenvalue weighted by Crippen LogP contribution is -2.32. The van der Waals surface area contributed by atoms with Crippen molar-refractivity contribution in [3.05, 3.63) is 35.9 Å². The normalized spacial score (nSPS) is 15.4. The van der Waals surface area contributed by atoms with Crippen molar-refractivity contribution in [1.82, 2.24) is 29.1 Å². The van der Waals surface area contributed by atoms with Crippen LogP contribution in [0.25, 0.3) is 33.4 Å². The number of aromatic nitrogens is 6. The topological polar surface area (TPSA) is 105 Å². The molecule has 0 saturated carbocycles. The number of aryl methyl sites for hydroxylation is 1. The Labute approximate surface area is 232 Å². The van der Waals surface area contributed by atoms with E-state index in [2.05, 4.69) is 40.9 Å². The Bertz CT molecular complexity index is 1560. The molecule has 5 heterocycles. The molecule has 4 aromatic rings. The highest BCUT2D eigenvalue weighted by molar-refractivity contribution is 6.76. The predicted molar refractivity (Wildman–Crippen MR) is 148 cm³/mol. The Morgan fingerprint density at radius 2 is 2.05 bits per heavy atom. The molecule has 13 heteroatoms. The summed E-state index contributed by atoms with van der Waals surface area (Å²) in [7, 11) is 0.342. The van der Waals surface area contributed by atoms with Crippen LogP contribution in [0.1, 0.15) is 24.7 Å². The first kappa shape index (κ1) is 27.9. The summed E-state index contributed by atoms with van der Waals surface area (Å²) in [5, 5.41) is 19.2. The molecule has 0 saturated heterocycles. The van der Waals surface area contributed by atoms with Crippen molar-refractivity contribution in [2.45, 2.75) is 58.4 Å². The lowest BCUT2D eigenvalue weighted by atomic mass is 9.99. The number of fused-ring (bicyclic) bond motifs is 2. The van der Waals surface area contributed by atoms with E-state index < -0.39 is 20.2 Å². The van der Waals surface area contributed by atoms with Gasteiger partial charge in [0.05, 0.1) is 17.8 Å². The van der Waals surface area contributed by atoms with Crippen LogP contribution >= 0.6 is 0 Å². The number of alkyl halides is 2. The number of hydrogen-bond acceptors (Lipinski definition) is 7. The summed E-state index contributed by atoms with van der Waals surface area (Å²) in [6.45, 7) is 10.2. The van der Waals surface area contributed by atoms with Crippen molar-refractivity contribution < 1.29 is 23.0 Å². The van der Waals surface area contributed by atoms with Gasteiger partial charge in [0, 0.05) is 57.2 Å². The minimum atomic E-state index is -2.88. The van der Waals surface area contributed by atoms with Crippen molar-refractivity contribution in [3.8, 4) is 34.3 Å². The SMILES string of the molecule is CCO[C@@H]1COc2c(-c3c(-c4cn(C)nc4C#N)c4cccnc4n3COCC[Si](C)(C)C)c(C(F)F)nn2C1. The van der Waals surface area contributed by atoms with E-state index in [0.717, 1.165) is 6.04 Å². The molecule has 212 valence electrons. The van der Waals surface area contributed by atoms with E-state index in [0.29, 0.717) is 41.1 Å². The molecule has 0 fully saturated rings. The van der Waals surface area contributed by atoms with E-state index in [4.69, 9.17) is 14.2 Å². The second-order valence-corrected chi connectivity index (χ2v) is 16.6. The van der Waals surface area contributed by atoms with Gasteiger partial charge in [0.25, 0.3) is 6.43 Å². The molecule has 0 N–H and O–H groups in total. The highest BCUT2D eigenvalue weighted by Crippen LogP contribution is 2.48. The molecule has 1 aliphatic rings. The minimum absolute atomic E-state index is 0.0738. The minimum Gasteiger partial charge on any atom is -0.474 e. The molecule has 40 heavy (non-hydrogen) atoms. The van der Waals surface area contributed by atoms with Crippen LogP contribution in [-0.2, 0) is 29.8 Å². The molecule has 4 aromatic heterocycles. The lowest BCUT2D eigenvalue weighted by molar-refractivity contribution is -0.00644. The lowest BCUT2D eigenvalue weighted by Gasteiger charge is -2.25. The fourth-order valence-electron chi connectivity index (χ4n) is 4.99. The van der Waals surface area contributed by atoms with Gasteiger partial charge >= 0.3 is 0 Å². The van der Waals surface area contributed by atoms with Crippen LogP contribution in [-0.4, -0.2) is 63.1 Å². The van der Waals surface area contributed by atoms with Gasteiger partial charge in [-0.1, -0.05) is 19.6 Å². The van der Waals surface area contributed by atoms with E-state index in [1.165, 1.54) is 9.36 Å². The summed E-state index contributed by atoms with van der Waals surface area (Å²) in [6, 6.07) is 6.72. The van der Waals surface area contributed by atoms with Crippen LogP contribution in [0.3, 0.4) is 0 Å². The Balaban J connectivity index is 1.77. The standard InChI is InChI=1S/C27H33F2N7O3Si/c1-6-38-17-13-36-27(39-15-17)22(23(33-36)25(28)29)24-21(19-14-34(2)32-20(19)12-30)18-8-7-9-31-26(18)35(24)16-37-10-11-40(3,4)5/h7-9,14,17,25H,6,10-11,13,15-16H2,1-5H3/t17-/m0/s1. The maximum atomic E-state index is 14.7. The first-order chi connectivity index (χ1) is 19.1. The molecule has 0 amide bonds. The van der Waals surface area contributed by atoms with Crippen LogP contribution in [0.2, 0.25) is 25.7 Å². The van der Waals surface area contributed by atoms with E-state index in [-0.39, 0.29) is 43.1 Å². The van der Waals surface area contributed by atoms with Crippen molar-refractivity contribution in [2.24, 2.45) is 7.05 Å². The first-order valence-electron chi connectivity index (χ1n) is 13.3. The van der Waals surface area contributed by atoms with Crippen LogP contribution in [0, 0.1) is 11.3 Å². The molecular formula is C27H33F2N7O3Si. The summed E-state index contributed by atoms with van der Waals surface area (Å²) in [6.07, 6.45) is 0.167. The van der Waals surface area contributed by atoms with Gasteiger partial charge in [0.15, 0.2) is 5.69 Å². The quantitative estimate of drug-likeness (QED) is 0.190. The molecule has 5 rings (SSSR count). The van der Waals surface area contributed by atoms with E-state index >= 15 is 0 Å². The van der Waals surface area contributed by atoms with Crippen molar-refractivity contribution in [3.63, 3.8) is 0 Å². The third kappa shape index (κ3) is 5.26. The molecule has 0 aromatic carbocycles. The van der Waals surface area contributed by atoms with Gasteiger partial charge in [-0.15, -0.1) is 0 Å². The summed E-state index contributed by atoms with van der Waals surface area (Å²) in [4.78, 5) is 4.62. The van der Waals surface area contributed by atoms with Gasteiger partial charge in [0.2, 0.25) is 5.88 Å². The zero-order chi connectivity index (χ0) is 28.6. The Hall–Kier alpha value is -3.60. The largest absolute Gasteiger partial charge is 0.474 e. The van der Waals surface area contributed by atoms with Crippen molar-refractivity contribution >= 4 is 19.1 Å². The summed E-state index contributed by atoms with van der Waals surface area (Å²) >= 11 is 0. The van der Waals surface area contributed by atoms with Crippen LogP contribution in [0.4, 0.5) is 8.78 Å². The average molecular weight is 570 g/mol. The second-order valence-electron chi connectivity index (χ2n) is 11.0. The third-order valence-corrected chi connectivity index (χ3v) is 8.50. The summed E-state index contributed by atoms with van der Waals surface area (Å²) in [5.74, 6) is 0.223. The number of hydrogen-bond donors (Lipinski definition) is 0. The smallest absolute Gasteiger partial charge is 0.282 e. The summed E-state index contributed by atoms with van der Waals surface area (Å²) < 4.78 is 52.0. The molecule has 0 unspecified atom stereocenters. The zero-order valence-electron chi connectivity index (χ0n) is 23.3. The molecule has 1 atom stereocenters. The van der Waals surface area contributed by atoms with Gasteiger partial charge in [-0.25, -0.2) is 18.4 Å².